The topological polar surface area (TPSA) is 77.0 Å². The zero-order chi connectivity index (χ0) is 18.6. The highest BCUT2D eigenvalue weighted by atomic mass is 32.1. The molecule has 0 bridgehead atoms. The molecule has 0 atom stereocenters. The second-order valence-electron chi connectivity index (χ2n) is 5.69. The Kier molecular flexibility index (Phi) is 5.08. The van der Waals surface area contributed by atoms with E-state index in [9.17, 15) is 4.79 Å². The summed E-state index contributed by atoms with van der Waals surface area (Å²) in [4.78, 5) is 25.4. The van der Waals surface area contributed by atoms with Crippen LogP contribution >= 0.6 is 22.7 Å². The van der Waals surface area contributed by atoms with Gasteiger partial charge < -0.3 is 10.1 Å². The van der Waals surface area contributed by atoms with E-state index in [1.165, 1.54) is 22.7 Å². The molecule has 0 saturated heterocycles. The Bertz CT molecular complexity index is 1080. The molecular weight excluding hydrogens is 380 g/mol. The summed E-state index contributed by atoms with van der Waals surface area (Å²) >= 11 is 2.93. The number of hydrogen-bond donors (Lipinski definition) is 1. The number of nitrogens with zero attached hydrogens (tertiary/aromatic N) is 3. The van der Waals surface area contributed by atoms with Crippen LogP contribution in [0.25, 0.3) is 20.8 Å². The molecular formula is C19H16N4O2S2. The van der Waals surface area contributed by atoms with Crippen molar-refractivity contribution in [3.05, 3.63) is 53.8 Å². The van der Waals surface area contributed by atoms with Crippen molar-refractivity contribution in [2.75, 3.05) is 11.9 Å². The van der Waals surface area contributed by atoms with E-state index in [-0.39, 0.29) is 12.3 Å². The molecule has 8 heteroatoms. The van der Waals surface area contributed by atoms with Crippen LogP contribution in [0.2, 0.25) is 0 Å². The molecule has 4 rings (SSSR count). The Hall–Kier alpha value is -2.84. The van der Waals surface area contributed by atoms with Crippen LogP contribution < -0.4 is 10.1 Å². The van der Waals surface area contributed by atoms with Crippen molar-refractivity contribution in [1.29, 1.82) is 0 Å². The van der Waals surface area contributed by atoms with Crippen molar-refractivity contribution in [3.63, 3.8) is 0 Å². The summed E-state index contributed by atoms with van der Waals surface area (Å²) < 4.78 is 6.48. The van der Waals surface area contributed by atoms with Crippen molar-refractivity contribution in [3.8, 4) is 16.3 Å². The van der Waals surface area contributed by atoms with Crippen molar-refractivity contribution < 1.29 is 9.53 Å². The van der Waals surface area contributed by atoms with E-state index in [4.69, 9.17) is 4.74 Å². The quantitative estimate of drug-likeness (QED) is 0.523. The first-order valence-electron chi connectivity index (χ1n) is 8.39. The van der Waals surface area contributed by atoms with E-state index in [0.717, 1.165) is 32.2 Å². The van der Waals surface area contributed by atoms with Gasteiger partial charge in [-0.1, -0.05) is 11.3 Å². The Labute approximate surface area is 163 Å². The molecule has 0 saturated carbocycles. The first-order valence-corrected chi connectivity index (χ1v) is 10.1. The monoisotopic (exact) mass is 396 g/mol. The van der Waals surface area contributed by atoms with Crippen LogP contribution in [0.1, 0.15) is 12.6 Å². The highest BCUT2D eigenvalue weighted by Crippen LogP contribution is 2.29. The van der Waals surface area contributed by atoms with Crippen LogP contribution in [-0.4, -0.2) is 27.5 Å². The van der Waals surface area contributed by atoms with Crippen LogP contribution in [0.4, 0.5) is 5.13 Å². The van der Waals surface area contributed by atoms with Crippen molar-refractivity contribution in [2.24, 2.45) is 0 Å². The molecule has 4 aromatic rings. The molecule has 27 heavy (non-hydrogen) atoms. The SMILES string of the molecule is CCOc1ccc2nc(NC(=O)Cc3csc(-c4cccnc4)n3)sc2c1. The van der Waals surface area contributed by atoms with Gasteiger partial charge in [0.25, 0.3) is 0 Å². The van der Waals surface area contributed by atoms with Crippen LogP contribution in [-0.2, 0) is 11.2 Å². The summed E-state index contributed by atoms with van der Waals surface area (Å²) in [5, 5.41) is 6.19. The Morgan fingerprint density at radius 1 is 1.26 bits per heavy atom. The maximum atomic E-state index is 12.4. The van der Waals surface area contributed by atoms with Crippen LogP contribution in [0.15, 0.2) is 48.1 Å². The molecule has 0 spiro atoms. The predicted octanol–water partition coefficient (Wildman–Crippen LogP) is 4.39. The molecule has 1 N–H and O–H groups in total. The number of pyridine rings is 1. The number of nitrogens with one attached hydrogen (secondary N) is 1. The lowest BCUT2D eigenvalue weighted by molar-refractivity contribution is -0.115. The van der Waals surface area contributed by atoms with Gasteiger partial charge in [-0.15, -0.1) is 11.3 Å². The highest BCUT2D eigenvalue weighted by molar-refractivity contribution is 7.22. The number of ether oxygens (including phenoxy) is 1. The maximum Gasteiger partial charge on any atom is 0.232 e. The van der Waals surface area contributed by atoms with Gasteiger partial charge in [-0.2, -0.15) is 0 Å². The van der Waals surface area contributed by atoms with E-state index >= 15 is 0 Å². The molecule has 1 aromatic carbocycles. The summed E-state index contributed by atoms with van der Waals surface area (Å²) in [5.74, 6) is 0.666. The number of aromatic nitrogens is 3. The molecule has 0 fully saturated rings. The van der Waals surface area contributed by atoms with Crippen LogP contribution in [0.3, 0.4) is 0 Å². The van der Waals surface area contributed by atoms with Gasteiger partial charge in [-0.25, -0.2) is 9.97 Å². The summed E-state index contributed by atoms with van der Waals surface area (Å²) in [7, 11) is 0. The third-order valence-electron chi connectivity index (χ3n) is 3.72. The van der Waals surface area contributed by atoms with Gasteiger partial charge in [0.15, 0.2) is 5.13 Å². The molecule has 0 radical (unpaired) electrons. The average molecular weight is 396 g/mol. The standard InChI is InChI=1S/C19H16N4O2S2/c1-2-25-14-5-6-15-16(9-14)27-19(22-15)23-17(24)8-13-11-26-18(21-13)12-4-3-7-20-10-12/h3-7,9-11H,2,8H2,1H3,(H,22,23,24). The van der Waals surface area contributed by atoms with Crippen molar-refractivity contribution in [2.45, 2.75) is 13.3 Å². The lowest BCUT2D eigenvalue weighted by Crippen LogP contribution is -2.14. The number of rotatable bonds is 6. The lowest BCUT2D eigenvalue weighted by Gasteiger charge is -2.00. The molecule has 3 aromatic heterocycles. The Morgan fingerprint density at radius 2 is 2.19 bits per heavy atom. The Morgan fingerprint density at radius 3 is 3.00 bits per heavy atom. The second kappa shape index (κ2) is 7.81. The number of thiazole rings is 2. The molecule has 3 heterocycles. The molecule has 0 aliphatic rings. The summed E-state index contributed by atoms with van der Waals surface area (Å²) in [6.45, 7) is 2.56. The van der Waals surface area contributed by atoms with Gasteiger partial charge in [0.05, 0.1) is 28.9 Å². The van der Waals surface area contributed by atoms with E-state index in [2.05, 4.69) is 20.3 Å². The summed E-state index contributed by atoms with van der Waals surface area (Å²) in [5.41, 5.74) is 2.52. The van der Waals surface area contributed by atoms with Crippen LogP contribution in [0, 0.1) is 0 Å². The van der Waals surface area contributed by atoms with Crippen molar-refractivity contribution >= 4 is 43.9 Å². The smallest absolute Gasteiger partial charge is 0.232 e. The van der Waals surface area contributed by atoms with Crippen LogP contribution in [0.5, 0.6) is 5.75 Å². The molecule has 136 valence electrons. The largest absolute Gasteiger partial charge is 0.494 e. The first-order chi connectivity index (χ1) is 13.2. The third-order valence-corrected chi connectivity index (χ3v) is 5.59. The van der Waals surface area contributed by atoms with E-state index in [1.807, 2.05) is 42.6 Å². The van der Waals surface area contributed by atoms with Gasteiger partial charge >= 0.3 is 0 Å². The zero-order valence-corrected chi connectivity index (χ0v) is 16.1. The van der Waals surface area contributed by atoms with Crippen molar-refractivity contribution in [1.82, 2.24) is 15.0 Å². The number of fused-ring (bicyclic) bond motifs is 1. The predicted molar refractivity (Wildman–Crippen MR) is 108 cm³/mol. The van der Waals surface area contributed by atoms with Gasteiger partial charge in [0.2, 0.25) is 5.91 Å². The number of hydrogen-bond acceptors (Lipinski definition) is 7. The fourth-order valence-electron chi connectivity index (χ4n) is 2.55. The number of benzene rings is 1. The fourth-order valence-corrected chi connectivity index (χ4v) is 4.27. The number of carbonyl (C=O) groups is 1. The van der Waals surface area contributed by atoms with Gasteiger partial charge in [-0.3, -0.25) is 9.78 Å². The highest BCUT2D eigenvalue weighted by Gasteiger charge is 2.12. The molecule has 0 aliphatic heterocycles. The third kappa shape index (κ3) is 4.12. The summed E-state index contributed by atoms with van der Waals surface area (Å²) in [6.07, 6.45) is 3.69. The lowest BCUT2D eigenvalue weighted by atomic mass is 10.3. The van der Waals surface area contributed by atoms with E-state index in [0.29, 0.717) is 11.7 Å². The molecule has 6 nitrogen and oxygen atoms in total. The molecule has 1 amide bonds. The zero-order valence-electron chi connectivity index (χ0n) is 14.5. The first kappa shape index (κ1) is 17.6. The maximum absolute atomic E-state index is 12.4. The number of anilines is 1. The normalized spacial score (nSPS) is 10.9. The molecule has 0 unspecified atom stereocenters. The van der Waals surface area contributed by atoms with E-state index < -0.39 is 0 Å². The fraction of sp³-hybridized carbons (Fsp3) is 0.158. The van der Waals surface area contributed by atoms with Gasteiger partial charge in [0.1, 0.15) is 10.8 Å². The summed E-state index contributed by atoms with van der Waals surface area (Å²) in [6, 6.07) is 9.53. The minimum atomic E-state index is -0.137. The number of amides is 1. The van der Waals surface area contributed by atoms with Gasteiger partial charge in [-0.05, 0) is 37.3 Å². The minimum Gasteiger partial charge on any atom is -0.494 e. The molecule has 0 aliphatic carbocycles. The Balaban J connectivity index is 1.43. The second-order valence-corrected chi connectivity index (χ2v) is 7.58. The minimum absolute atomic E-state index is 0.137. The number of carbonyl (C=O) groups excluding carboxylic acids is 1. The van der Waals surface area contributed by atoms with E-state index in [1.54, 1.807) is 12.4 Å². The van der Waals surface area contributed by atoms with Gasteiger partial charge in [0, 0.05) is 23.3 Å². The average Bonchev–Trinajstić information content (AvgIpc) is 3.28.